The SMILES string of the molecule is CCC(CO)CCNc1nc(NCC(C)(C)C)nc(C)c1-c1cc2cc(C(C)(C)C)ncc2o1. The second-order valence-electron chi connectivity index (χ2n) is 11.4. The first-order chi connectivity index (χ1) is 15.9. The van der Waals surface area contributed by atoms with Crippen LogP contribution in [0.25, 0.3) is 22.3 Å². The first kappa shape index (κ1) is 25.9. The van der Waals surface area contributed by atoms with E-state index in [9.17, 15) is 5.11 Å². The van der Waals surface area contributed by atoms with Crippen LogP contribution in [0.15, 0.2) is 22.7 Å². The molecule has 3 heterocycles. The van der Waals surface area contributed by atoms with Crippen LogP contribution in [0.2, 0.25) is 0 Å². The molecule has 0 bridgehead atoms. The molecular weight excluding hydrogens is 426 g/mol. The smallest absolute Gasteiger partial charge is 0.224 e. The monoisotopic (exact) mass is 467 g/mol. The van der Waals surface area contributed by atoms with Gasteiger partial charge in [-0.25, -0.2) is 4.98 Å². The Morgan fingerprint density at radius 3 is 2.41 bits per heavy atom. The minimum Gasteiger partial charge on any atom is -0.454 e. The topological polar surface area (TPSA) is 96.1 Å². The molecule has 3 aromatic heterocycles. The van der Waals surface area contributed by atoms with E-state index in [-0.39, 0.29) is 23.4 Å². The molecule has 7 nitrogen and oxygen atoms in total. The summed E-state index contributed by atoms with van der Waals surface area (Å²) in [6.07, 6.45) is 3.60. The highest BCUT2D eigenvalue weighted by molar-refractivity contribution is 5.86. The van der Waals surface area contributed by atoms with Crippen LogP contribution in [-0.2, 0) is 5.41 Å². The van der Waals surface area contributed by atoms with Crippen molar-refractivity contribution < 1.29 is 9.52 Å². The molecule has 0 saturated carbocycles. The van der Waals surface area contributed by atoms with Crippen LogP contribution in [-0.4, -0.2) is 39.8 Å². The van der Waals surface area contributed by atoms with Crippen LogP contribution in [0.5, 0.6) is 0 Å². The number of aliphatic hydroxyl groups excluding tert-OH is 1. The predicted molar refractivity (Wildman–Crippen MR) is 140 cm³/mol. The van der Waals surface area contributed by atoms with Crippen molar-refractivity contribution >= 4 is 22.7 Å². The Labute approximate surface area is 203 Å². The normalized spacial score (nSPS) is 13.3. The minimum atomic E-state index is -0.0414. The lowest BCUT2D eigenvalue weighted by atomic mass is 9.91. The zero-order valence-electron chi connectivity index (χ0n) is 22.0. The minimum absolute atomic E-state index is 0.0414. The van der Waals surface area contributed by atoms with Crippen molar-refractivity contribution in [2.45, 2.75) is 73.6 Å². The molecule has 7 heteroatoms. The fourth-order valence-electron chi connectivity index (χ4n) is 3.72. The third-order valence-corrected chi connectivity index (χ3v) is 5.97. The van der Waals surface area contributed by atoms with E-state index in [2.05, 4.69) is 70.2 Å². The van der Waals surface area contributed by atoms with Crippen LogP contribution < -0.4 is 10.6 Å². The van der Waals surface area contributed by atoms with E-state index in [1.165, 1.54) is 0 Å². The average molecular weight is 468 g/mol. The van der Waals surface area contributed by atoms with Gasteiger partial charge in [-0.1, -0.05) is 54.9 Å². The summed E-state index contributed by atoms with van der Waals surface area (Å²) in [6, 6.07) is 4.14. The molecule has 3 N–H and O–H groups in total. The summed E-state index contributed by atoms with van der Waals surface area (Å²) in [6.45, 7) is 18.7. The van der Waals surface area contributed by atoms with Crippen molar-refractivity contribution in [3.63, 3.8) is 0 Å². The fourth-order valence-corrected chi connectivity index (χ4v) is 3.72. The summed E-state index contributed by atoms with van der Waals surface area (Å²) in [7, 11) is 0. The average Bonchev–Trinajstić information content (AvgIpc) is 3.16. The standard InChI is InChI=1S/C27H41N5O2/c1-9-18(15-33)10-11-28-24-23(17(2)31-25(32-24)30-16-26(3,4)5)20-12-19-13-22(27(6,7)8)29-14-21(19)34-20/h12-14,18,33H,9-11,15-16H2,1-8H3,(H2,28,30,31,32). The largest absolute Gasteiger partial charge is 0.454 e. The Morgan fingerprint density at radius 1 is 1.06 bits per heavy atom. The lowest BCUT2D eigenvalue weighted by Gasteiger charge is -2.20. The quantitative estimate of drug-likeness (QED) is 0.346. The third-order valence-electron chi connectivity index (χ3n) is 5.97. The summed E-state index contributed by atoms with van der Waals surface area (Å²) in [5.74, 6) is 2.32. The fraction of sp³-hybridized carbons (Fsp3) is 0.593. The molecule has 1 unspecified atom stereocenters. The number of nitrogens with one attached hydrogen (secondary N) is 2. The second kappa shape index (κ2) is 10.3. The lowest BCUT2D eigenvalue weighted by molar-refractivity contribution is 0.217. The first-order valence-corrected chi connectivity index (χ1v) is 12.3. The molecule has 34 heavy (non-hydrogen) atoms. The van der Waals surface area contributed by atoms with Gasteiger partial charge in [-0.05, 0) is 36.8 Å². The molecule has 0 saturated heterocycles. The van der Waals surface area contributed by atoms with E-state index in [1.807, 2.05) is 13.0 Å². The second-order valence-corrected chi connectivity index (χ2v) is 11.4. The van der Waals surface area contributed by atoms with Crippen molar-refractivity contribution in [3.05, 3.63) is 29.7 Å². The summed E-state index contributed by atoms with van der Waals surface area (Å²) in [5, 5.41) is 17.4. The number of furan rings is 1. The van der Waals surface area contributed by atoms with E-state index in [0.29, 0.717) is 12.5 Å². The van der Waals surface area contributed by atoms with Gasteiger partial charge in [-0.15, -0.1) is 0 Å². The van der Waals surface area contributed by atoms with Gasteiger partial charge in [0.2, 0.25) is 5.95 Å². The molecule has 1 atom stereocenters. The molecule has 3 aromatic rings. The number of rotatable bonds is 9. The number of hydrogen-bond acceptors (Lipinski definition) is 7. The summed E-state index contributed by atoms with van der Waals surface area (Å²) in [4.78, 5) is 14.2. The number of hydrogen-bond donors (Lipinski definition) is 3. The number of anilines is 2. The van der Waals surface area contributed by atoms with Crippen LogP contribution in [0.4, 0.5) is 11.8 Å². The van der Waals surface area contributed by atoms with Gasteiger partial charge in [-0.3, -0.25) is 4.98 Å². The molecular formula is C27H41N5O2. The molecule has 0 aliphatic rings. The maximum absolute atomic E-state index is 9.57. The maximum atomic E-state index is 9.57. The predicted octanol–water partition coefficient (Wildman–Crippen LogP) is 6.17. The number of nitrogens with zero attached hydrogens (tertiary/aromatic N) is 3. The maximum Gasteiger partial charge on any atom is 0.224 e. The van der Waals surface area contributed by atoms with Crippen molar-refractivity contribution in [2.24, 2.45) is 11.3 Å². The molecule has 0 aliphatic heterocycles. The van der Waals surface area contributed by atoms with E-state index < -0.39 is 0 Å². The summed E-state index contributed by atoms with van der Waals surface area (Å²) in [5.41, 5.74) is 3.53. The molecule has 0 fully saturated rings. The van der Waals surface area contributed by atoms with Crippen LogP contribution in [0.1, 0.15) is 72.7 Å². The van der Waals surface area contributed by atoms with Crippen LogP contribution in [0.3, 0.4) is 0 Å². The molecule has 0 aliphatic carbocycles. The van der Waals surface area contributed by atoms with Gasteiger partial charge < -0.3 is 20.2 Å². The van der Waals surface area contributed by atoms with Crippen molar-refractivity contribution in [3.8, 4) is 11.3 Å². The Bertz CT molecular complexity index is 1100. The highest BCUT2D eigenvalue weighted by atomic mass is 16.3. The highest BCUT2D eigenvalue weighted by Gasteiger charge is 2.21. The zero-order valence-corrected chi connectivity index (χ0v) is 22.0. The van der Waals surface area contributed by atoms with Crippen LogP contribution >= 0.6 is 0 Å². The van der Waals surface area contributed by atoms with E-state index in [0.717, 1.165) is 58.9 Å². The Hall–Kier alpha value is -2.67. The lowest BCUT2D eigenvalue weighted by Crippen LogP contribution is -2.21. The molecule has 0 amide bonds. The Balaban J connectivity index is 2.00. The highest BCUT2D eigenvalue weighted by Crippen LogP contribution is 2.35. The molecule has 0 aromatic carbocycles. The molecule has 0 radical (unpaired) electrons. The van der Waals surface area contributed by atoms with Gasteiger partial charge >= 0.3 is 0 Å². The number of fused-ring (bicyclic) bond motifs is 1. The number of aryl methyl sites for hydroxylation is 1. The Morgan fingerprint density at radius 2 is 1.79 bits per heavy atom. The van der Waals surface area contributed by atoms with Crippen molar-refractivity contribution in [2.75, 3.05) is 30.3 Å². The molecule has 186 valence electrons. The zero-order chi connectivity index (χ0) is 25.1. The number of pyridine rings is 1. The molecule has 3 rings (SSSR count). The van der Waals surface area contributed by atoms with Gasteiger partial charge in [0.05, 0.1) is 17.5 Å². The number of aliphatic hydroxyl groups is 1. The van der Waals surface area contributed by atoms with Gasteiger partial charge in [0.1, 0.15) is 11.6 Å². The van der Waals surface area contributed by atoms with Gasteiger partial charge in [0.15, 0.2) is 5.58 Å². The van der Waals surface area contributed by atoms with E-state index in [1.54, 1.807) is 6.20 Å². The van der Waals surface area contributed by atoms with Gasteiger partial charge in [0, 0.05) is 36.2 Å². The van der Waals surface area contributed by atoms with Gasteiger partial charge in [0.25, 0.3) is 0 Å². The van der Waals surface area contributed by atoms with Crippen LogP contribution in [0, 0.1) is 18.3 Å². The van der Waals surface area contributed by atoms with E-state index >= 15 is 0 Å². The first-order valence-electron chi connectivity index (χ1n) is 12.3. The van der Waals surface area contributed by atoms with Crippen molar-refractivity contribution in [1.82, 2.24) is 15.0 Å². The third kappa shape index (κ3) is 6.47. The number of aromatic nitrogens is 3. The molecule has 0 spiro atoms. The van der Waals surface area contributed by atoms with Gasteiger partial charge in [-0.2, -0.15) is 4.98 Å². The Kier molecular flexibility index (Phi) is 7.86. The van der Waals surface area contributed by atoms with Crippen molar-refractivity contribution in [1.29, 1.82) is 0 Å². The van der Waals surface area contributed by atoms with E-state index in [4.69, 9.17) is 14.4 Å². The summed E-state index contributed by atoms with van der Waals surface area (Å²) >= 11 is 0. The summed E-state index contributed by atoms with van der Waals surface area (Å²) < 4.78 is 6.22.